The average Bonchev–Trinajstić information content (AvgIpc) is 3.44. The van der Waals surface area contributed by atoms with Crippen LogP contribution in [0.15, 0.2) is 88.8 Å². The predicted octanol–water partition coefficient (Wildman–Crippen LogP) is 6.18. The summed E-state index contributed by atoms with van der Waals surface area (Å²) in [5.41, 5.74) is 0.964. The Labute approximate surface area is 265 Å². The number of hydrogen-bond acceptors (Lipinski definition) is 8. The molecule has 0 spiro atoms. The largest absolute Gasteiger partial charge is 0.466 e. The smallest absolute Gasteiger partial charge is 0.311 e. The fourth-order valence-electron chi connectivity index (χ4n) is 3.68. The fourth-order valence-corrected chi connectivity index (χ4v) is 5.32. The number of hydrogen-bond donors (Lipinski definition) is 3. The SMILES string of the molecule is CCOC(=O)Cc1csc(NC(=O)CSc2ccc(NC(=O)/C(=C/c3c(F)cccc3Cl)NC(=O)c3ccccc3)cc2)n1. The van der Waals surface area contributed by atoms with Crippen LogP contribution in [0.5, 0.6) is 0 Å². The summed E-state index contributed by atoms with van der Waals surface area (Å²) in [6, 6.07) is 19.1. The molecule has 4 aromatic rings. The molecule has 3 N–H and O–H groups in total. The van der Waals surface area contributed by atoms with Gasteiger partial charge in [0.15, 0.2) is 5.13 Å². The Morgan fingerprint density at radius 3 is 2.45 bits per heavy atom. The molecule has 13 heteroatoms. The highest BCUT2D eigenvalue weighted by atomic mass is 35.5. The van der Waals surface area contributed by atoms with Gasteiger partial charge in [-0.05, 0) is 61.5 Å². The summed E-state index contributed by atoms with van der Waals surface area (Å²) in [5.74, 6) is -2.48. The molecule has 9 nitrogen and oxygen atoms in total. The maximum Gasteiger partial charge on any atom is 0.311 e. The Bertz CT molecular complexity index is 1660. The van der Waals surface area contributed by atoms with Gasteiger partial charge in [-0.25, -0.2) is 9.37 Å². The summed E-state index contributed by atoms with van der Waals surface area (Å²) in [6.45, 7) is 2.01. The summed E-state index contributed by atoms with van der Waals surface area (Å²) < 4.78 is 19.4. The molecule has 0 fully saturated rings. The quantitative estimate of drug-likeness (QED) is 0.0948. The van der Waals surface area contributed by atoms with Gasteiger partial charge in [0.2, 0.25) is 5.91 Å². The number of carbonyl (C=O) groups excluding carboxylic acids is 4. The Kier molecular flexibility index (Phi) is 11.6. The van der Waals surface area contributed by atoms with E-state index < -0.39 is 17.6 Å². The monoisotopic (exact) mass is 652 g/mol. The van der Waals surface area contributed by atoms with Gasteiger partial charge in [-0.3, -0.25) is 19.2 Å². The molecule has 0 radical (unpaired) electrons. The number of amides is 3. The van der Waals surface area contributed by atoms with Crippen LogP contribution in [0, 0.1) is 5.82 Å². The highest BCUT2D eigenvalue weighted by Crippen LogP contribution is 2.24. The van der Waals surface area contributed by atoms with Crippen molar-refractivity contribution >= 4 is 75.3 Å². The first kappa shape index (κ1) is 32.4. The second-order valence-electron chi connectivity index (χ2n) is 8.95. The summed E-state index contributed by atoms with van der Waals surface area (Å²) in [6.07, 6.45) is 1.21. The minimum Gasteiger partial charge on any atom is -0.466 e. The molecule has 0 unspecified atom stereocenters. The Balaban J connectivity index is 1.37. The van der Waals surface area contributed by atoms with E-state index in [1.165, 1.54) is 47.4 Å². The lowest BCUT2D eigenvalue weighted by Gasteiger charge is -2.12. The zero-order chi connectivity index (χ0) is 31.5. The van der Waals surface area contributed by atoms with Crippen LogP contribution in [-0.2, 0) is 25.5 Å². The molecule has 0 saturated carbocycles. The topological polar surface area (TPSA) is 126 Å². The molecule has 3 aromatic carbocycles. The van der Waals surface area contributed by atoms with Crippen molar-refractivity contribution in [2.24, 2.45) is 0 Å². The first-order valence-electron chi connectivity index (χ1n) is 13.2. The molecular weight excluding hydrogens is 627 g/mol. The zero-order valence-corrected chi connectivity index (χ0v) is 25.7. The van der Waals surface area contributed by atoms with Crippen LogP contribution in [-0.4, -0.2) is 41.0 Å². The number of halogens is 2. The molecule has 4 rings (SSSR count). The lowest BCUT2D eigenvalue weighted by Crippen LogP contribution is -2.30. The second-order valence-corrected chi connectivity index (χ2v) is 11.3. The number of rotatable bonds is 12. The molecule has 1 heterocycles. The molecule has 226 valence electrons. The van der Waals surface area contributed by atoms with E-state index in [2.05, 4.69) is 20.9 Å². The third kappa shape index (κ3) is 9.49. The predicted molar refractivity (Wildman–Crippen MR) is 170 cm³/mol. The number of benzene rings is 3. The van der Waals surface area contributed by atoms with Crippen LogP contribution in [0.4, 0.5) is 15.2 Å². The normalized spacial score (nSPS) is 11.0. The van der Waals surface area contributed by atoms with Crippen molar-refractivity contribution in [3.8, 4) is 0 Å². The van der Waals surface area contributed by atoms with Gasteiger partial charge in [-0.1, -0.05) is 35.9 Å². The van der Waals surface area contributed by atoms with E-state index in [1.54, 1.807) is 66.9 Å². The molecule has 0 bridgehead atoms. The third-order valence-electron chi connectivity index (χ3n) is 5.73. The first-order chi connectivity index (χ1) is 21.2. The number of thioether (sulfide) groups is 1. The second kappa shape index (κ2) is 15.8. The molecular formula is C31H26ClFN4O5S2. The Hall–Kier alpha value is -4.52. The van der Waals surface area contributed by atoms with Crippen molar-refractivity contribution in [3.63, 3.8) is 0 Å². The van der Waals surface area contributed by atoms with E-state index in [0.717, 1.165) is 4.90 Å². The first-order valence-corrected chi connectivity index (χ1v) is 15.4. The number of esters is 1. The van der Waals surface area contributed by atoms with Gasteiger partial charge in [0.1, 0.15) is 11.5 Å². The number of nitrogens with one attached hydrogen (secondary N) is 3. The summed E-state index contributed by atoms with van der Waals surface area (Å²) in [7, 11) is 0. The Morgan fingerprint density at radius 2 is 1.75 bits per heavy atom. The summed E-state index contributed by atoms with van der Waals surface area (Å²) in [4.78, 5) is 55.0. The number of thiazole rings is 1. The van der Waals surface area contributed by atoms with E-state index in [0.29, 0.717) is 22.1 Å². The van der Waals surface area contributed by atoms with Gasteiger partial charge in [0, 0.05) is 27.1 Å². The number of carbonyl (C=O) groups is 4. The van der Waals surface area contributed by atoms with Gasteiger partial charge in [0.25, 0.3) is 11.8 Å². The van der Waals surface area contributed by atoms with Crippen molar-refractivity contribution in [3.05, 3.63) is 112 Å². The molecule has 1 aromatic heterocycles. The van der Waals surface area contributed by atoms with Gasteiger partial charge in [0.05, 0.1) is 29.5 Å². The van der Waals surface area contributed by atoms with Crippen molar-refractivity contribution < 1.29 is 28.3 Å². The maximum absolute atomic E-state index is 14.5. The van der Waals surface area contributed by atoms with E-state index in [-0.39, 0.29) is 46.9 Å². The van der Waals surface area contributed by atoms with Crippen molar-refractivity contribution in [1.82, 2.24) is 10.3 Å². The molecule has 0 saturated heterocycles. The number of nitrogens with zero attached hydrogens (tertiary/aromatic N) is 1. The Morgan fingerprint density at radius 1 is 1.00 bits per heavy atom. The molecule has 3 amide bonds. The molecule has 0 aliphatic rings. The van der Waals surface area contributed by atoms with E-state index >= 15 is 0 Å². The molecule has 44 heavy (non-hydrogen) atoms. The van der Waals surface area contributed by atoms with Crippen LogP contribution < -0.4 is 16.0 Å². The summed E-state index contributed by atoms with van der Waals surface area (Å²) >= 11 is 8.64. The molecule has 0 aliphatic carbocycles. The van der Waals surface area contributed by atoms with Gasteiger partial charge >= 0.3 is 5.97 Å². The lowest BCUT2D eigenvalue weighted by atomic mass is 10.1. The van der Waals surface area contributed by atoms with Gasteiger partial charge < -0.3 is 20.7 Å². The van der Waals surface area contributed by atoms with Crippen LogP contribution in [0.3, 0.4) is 0 Å². The molecule has 0 aliphatic heterocycles. The van der Waals surface area contributed by atoms with E-state index in [9.17, 15) is 23.6 Å². The van der Waals surface area contributed by atoms with Crippen LogP contribution in [0.1, 0.15) is 28.5 Å². The average molecular weight is 653 g/mol. The van der Waals surface area contributed by atoms with E-state index in [1.807, 2.05) is 0 Å². The lowest BCUT2D eigenvalue weighted by molar-refractivity contribution is -0.142. The van der Waals surface area contributed by atoms with Crippen molar-refractivity contribution in [1.29, 1.82) is 0 Å². The standard InChI is InChI=1S/C31H26ClFN4O5S2/c1-2-42-28(39)15-21-17-44-31(35-21)37-27(38)18-43-22-13-11-20(12-14-22)34-30(41)26(16-23-24(32)9-6-10-25(23)33)36-29(40)19-7-4-3-5-8-19/h3-14,16-17H,2,15,18H2,1H3,(H,34,41)(H,36,40)(H,35,37,38)/b26-16-. The number of ether oxygens (including phenoxy) is 1. The van der Waals surface area contributed by atoms with Gasteiger partial charge in [-0.15, -0.1) is 23.1 Å². The number of anilines is 2. The van der Waals surface area contributed by atoms with Crippen LogP contribution in [0.25, 0.3) is 6.08 Å². The highest BCUT2D eigenvalue weighted by Gasteiger charge is 2.17. The van der Waals surface area contributed by atoms with E-state index in [4.69, 9.17) is 16.3 Å². The maximum atomic E-state index is 14.5. The van der Waals surface area contributed by atoms with Crippen LogP contribution in [0.2, 0.25) is 5.02 Å². The van der Waals surface area contributed by atoms with Gasteiger partial charge in [-0.2, -0.15) is 0 Å². The minimum atomic E-state index is -0.695. The van der Waals surface area contributed by atoms with Crippen molar-refractivity contribution in [2.75, 3.05) is 23.0 Å². The van der Waals surface area contributed by atoms with Crippen LogP contribution >= 0.6 is 34.7 Å². The molecule has 0 atom stereocenters. The highest BCUT2D eigenvalue weighted by molar-refractivity contribution is 8.00. The van der Waals surface area contributed by atoms with Crippen molar-refractivity contribution in [2.45, 2.75) is 18.2 Å². The summed E-state index contributed by atoms with van der Waals surface area (Å²) in [5, 5.41) is 10.1. The minimum absolute atomic E-state index is 0.0332. The zero-order valence-electron chi connectivity index (χ0n) is 23.3. The fraction of sp³-hybridized carbons (Fsp3) is 0.129. The third-order valence-corrected chi connectivity index (χ3v) is 7.88. The number of aromatic nitrogens is 1.